The highest BCUT2D eigenvalue weighted by atomic mass is 16.5. The zero-order chi connectivity index (χ0) is 18.1. The number of benzene rings is 1. The normalized spacial score (nSPS) is 25.0. The Morgan fingerprint density at radius 3 is 2.58 bits per heavy atom. The summed E-state index contributed by atoms with van der Waals surface area (Å²) >= 11 is 0. The summed E-state index contributed by atoms with van der Waals surface area (Å²) in [6, 6.07) is 7.76. The molecular weight excluding hydrogens is 330 g/mol. The van der Waals surface area contributed by atoms with E-state index < -0.39 is 0 Å². The van der Waals surface area contributed by atoms with Crippen molar-refractivity contribution in [3.63, 3.8) is 0 Å². The highest BCUT2D eigenvalue weighted by Crippen LogP contribution is 2.38. The van der Waals surface area contributed by atoms with Gasteiger partial charge in [-0.05, 0) is 49.9 Å². The van der Waals surface area contributed by atoms with Gasteiger partial charge in [0.05, 0.1) is 12.5 Å². The molecule has 1 aromatic carbocycles. The molecule has 1 aromatic rings. The van der Waals surface area contributed by atoms with Crippen molar-refractivity contribution in [2.24, 2.45) is 17.1 Å². The van der Waals surface area contributed by atoms with Crippen molar-refractivity contribution in [2.45, 2.75) is 25.7 Å². The third-order valence-corrected chi connectivity index (χ3v) is 6.05. The number of carbonyl (C=O) groups is 2. The molecule has 1 unspecified atom stereocenters. The zero-order valence-corrected chi connectivity index (χ0v) is 15.2. The maximum absolute atomic E-state index is 12.7. The summed E-state index contributed by atoms with van der Waals surface area (Å²) in [7, 11) is 0. The summed E-state index contributed by atoms with van der Waals surface area (Å²) in [5.41, 5.74) is 7.44. The number of piperidine rings is 1. The van der Waals surface area contributed by atoms with E-state index in [-0.39, 0.29) is 23.1 Å². The molecule has 0 aromatic heterocycles. The summed E-state index contributed by atoms with van der Waals surface area (Å²) < 4.78 is 5.59. The number of anilines is 1. The van der Waals surface area contributed by atoms with Gasteiger partial charge in [0.2, 0.25) is 5.91 Å². The first-order chi connectivity index (χ1) is 12.6. The lowest BCUT2D eigenvalue weighted by Crippen LogP contribution is -2.61. The van der Waals surface area contributed by atoms with E-state index in [1.165, 1.54) is 0 Å². The van der Waals surface area contributed by atoms with Gasteiger partial charge in [-0.2, -0.15) is 0 Å². The molecule has 3 fully saturated rings. The molecule has 6 nitrogen and oxygen atoms in total. The third kappa shape index (κ3) is 3.30. The molecule has 2 N–H and O–H groups in total. The van der Waals surface area contributed by atoms with E-state index in [4.69, 9.17) is 10.5 Å². The average molecular weight is 357 g/mol. The number of hydrogen-bond acceptors (Lipinski definition) is 4. The number of ether oxygens (including phenoxy) is 1. The minimum Gasteiger partial charge on any atom is -0.381 e. The maximum atomic E-state index is 12.7. The first-order valence-corrected chi connectivity index (χ1v) is 9.58. The minimum absolute atomic E-state index is 0.0833. The van der Waals surface area contributed by atoms with E-state index in [9.17, 15) is 9.59 Å². The Balaban J connectivity index is 1.37. The van der Waals surface area contributed by atoms with E-state index in [0.717, 1.165) is 69.8 Å². The largest absolute Gasteiger partial charge is 0.381 e. The number of rotatable bonds is 3. The molecule has 0 bridgehead atoms. The highest BCUT2D eigenvalue weighted by Gasteiger charge is 2.46. The lowest BCUT2D eigenvalue weighted by atomic mass is 9.75. The second-order valence-electron chi connectivity index (χ2n) is 8.05. The van der Waals surface area contributed by atoms with E-state index in [1.807, 2.05) is 29.2 Å². The molecule has 26 heavy (non-hydrogen) atoms. The van der Waals surface area contributed by atoms with E-state index in [0.29, 0.717) is 6.54 Å². The summed E-state index contributed by atoms with van der Waals surface area (Å²) in [5.74, 6) is -0.207. The van der Waals surface area contributed by atoms with Gasteiger partial charge in [0, 0.05) is 49.5 Å². The fraction of sp³-hybridized carbons (Fsp3) is 0.600. The molecule has 3 aliphatic heterocycles. The number of likely N-dealkylation sites (tertiary alicyclic amines) is 1. The van der Waals surface area contributed by atoms with Gasteiger partial charge in [0.15, 0.2) is 0 Å². The molecule has 3 aliphatic rings. The fourth-order valence-electron chi connectivity index (χ4n) is 4.51. The molecule has 1 atom stereocenters. The van der Waals surface area contributed by atoms with Crippen LogP contribution in [-0.4, -0.2) is 56.1 Å². The van der Waals surface area contributed by atoms with Gasteiger partial charge in [0.25, 0.3) is 5.91 Å². The molecule has 2 amide bonds. The Kier molecular flexibility index (Phi) is 4.61. The van der Waals surface area contributed by atoms with Crippen LogP contribution in [0.3, 0.4) is 0 Å². The van der Waals surface area contributed by atoms with Gasteiger partial charge in [-0.3, -0.25) is 9.59 Å². The monoisotopic (exact) mass is 357 g/mol. The van der Waals surface area contributed by atoms with Gasteiger partial charge in [-0.15, -0.1) is 0 Å². The SMILES string of the molecule is NC(=O)C1CCCN(c2ccc(C(=O)N3CC4(CCCOC4)C3)cc2)C1. The average Bonchev–Trinajstić information content (AvgIpc) is 2.66. The lowest BCUT2D eigenvalue weighted by Gasteiger charge is -2.51. The van der Waals surface area contributed by atoms with E-state index in [1.54, 1.807) is 0 Å². The predicted octanol–water partition coefficient (Wildman–Crippen LogP) is 1.64. The van der Waals surface area contributed by atoms with Crippen molar-refractivity contribution in [3.05, 3.63) is 29.8 Å². The van der Waals surface area contributed by atoms with Crippen molar-refractivity contribution in [1.29, 1.82) is 0 Å². The minimum atomic E-state index is -0.222. The number of nitrogens with zero attached hydrogens (tertiary/aromatic N) is 2. The van der Waals surface area contributed by atoms with Crippen LogP contribution in [0.25, 0.3) is 0 Å². The van der Waals surface area contributed by atoms with Crippen LogP contribution >= 0.6 is 0 Å². The molecule has 3 saturated heterocycles. The molecule has 0 saturated carbocycles. The van der Waals surface area contributed by atoms with Crippen LogP contribution < -0.4 is 10.6 Å². The van der Waals surface area contributed by atoms with Gasteiger partial charge in [0.1, 0.15) is 0 Å². The standard InChI is InChI=1S/C20H27N3O3/c21-18(24)16-3-1-9-22(11-16)17-6-4-15(5-7-17)19(25)23-12-20(13-23)8-2-10-26-14-20/h4-7,16H,1-3,8-14H2,(H2,21,24). The Hall–Kier alpha value is -2.08. The van der Waals surface area contributed by atoms with Crippen LogP contribution in [0.5, 0.6) is 0 Å². The van der Waals surface area contributed by atoms with Gasteiger partial charge in [-0.25, -0.2) is 0 Å². The molecule has 140 valence electrons. The molecule has 6 heteroatoms. The fourth-order valence-corrected chi connectivity index (χ4v) is 4.51. The van der Waals surface area contributed by atoms with Crippen LogP contribution in [0.15, 0.2) is 24.3 Å². The van der Waals surface area contributed by atoms with Gasteiger partial charge >= 0.3 is 0 Å². The van der Waals surface area contributed by atoms with Crippen molar-refractivity contribution < 1.29 is 14.3 Å². The quantitative estimate of drug-likeness (QED) is 0.892. The van der Waals surface area contributed by atoms with Crippen LogP contribution in [0.2, 0.25) is 0 Å². The van der Waals surface area contributed by atoms with Gasteiger partial charge in [-0.1, -0.05) is 0 Å². The number of carbonyl (C=O) groups excluding carboxylic acids is 2. The first-order valence-electron chi connectivity index (χ1n) is 9.58. The second kappa shape index (κ2) is 6.91. The number of amides is 2. The summed E-state index contributed by atoms with van der Waals surface area (Å²) in [6.45, 7) is 4.83. The van der Waals surface area contributed by atoms with Crippen LogP contribution in [0.4, 0.5) is 5.69 Å². The van der Waals surface area contributed by atoms with Crippen molar-refractivity contribution in [2.75, 3.05) is 44.3 Å². The summed E-state index contributed by atoms with van der Waals surface area (Å²) in [4.78, 5) is 28.3. The smallest absolute Gasteiger partial charge is 0.253 e. The molecule has 3 heterocycles. The maximum Gasteiger partial charge on any atom is 0.253 e. The topological polar surface area (TPSA) is 75.9 Å². The zero-order valence-electron chi connectivity index (χ0n) is 15.2. The number of hydrogen-bond donors (Lipinski definition) is 1. The van der Waals surface area contributed by atoms with Crippen molar-refractivity contribution in [1.82, 2.24) is 4.90 Å². The predicted molar refractivity (Wildman–Crippen MR) is 99.0 cm³/mol. The number of nitrogens with two attached hydrogens (primary N) is 1. The third-order valence-electron chi connectivity index (χ3n) is 6.05. The van der Waals surface area contributed by atoms with Gasteiger partial charge < -0.3 is 20.3 Å². The second-order valence-corrected chi connectivity index (χ2v) is 8.05. The number of primary amides is 1. The molecule has 4 rings (SSSR count). The van der Waals surface area contributed by atoms with Crippen LogP contribution in [0, 0.1) is 11.3 Å². The first kappa shape index (κ1) is 17.3. The Morgan fingerprint density at radius 2 is 1.92 bits per heavy atom. The Labute approximate surface area is 154 Å². The highest BCUT2D eigenvalue weighted by molar-refractivity contribution is 5.95. The molecule has 0 radical (unpaired) electrons. The van der Waals surface area contributed by atoms with E-state index >= 15 is 0 Å². The molecule has 1 spiro atoms. The summed E-state index contributed by atoms with van der Waals surface area (Å²) in [5, 5.41) is 0. The lowest BCUT2D eigenvalue weighted by molar-refractivity contribution is -0.122. The molecular formula is C20H27N3O3. The Bertz CT molecular complexity index is 674. The van der Waals surface area contributed by atoms with Crippen molar-refractivity contribution in [3.8, 4) is 0 Å². The van der Waals surface area contributed by atoms with Crippen LogP contribution in [0.1, 0.15) is 36.0 Å². The van der Waals surface area contributed by atoms with E-state index in [2.05, 4.69) is 4.90 Å². The summed E-state index contributed by atoms with van der Waals surface area (Å²) in [6.07, 6.45) is 4.08. The van der Waals surface area contributed by atoms with Crippen LogP contribution in [-0.2, 0) is 9.53 Å². The molecule has 0 aliphatic carbocycles. The van der Waals surface area contributed by atoms with Crippen molar-refractivity contribution >= 4 is 17.5 Å². The Morgan fingerprint density at radius 1 is 1.15 bits per heavy atom.